The van der Waals surface area contributed by atoms with Gasteiger partial charge in [0.05, 0.1) is 13.0 Å². The second-order valence-electron chi connectivity index (χ2n) is 9.12. The summed E-state index contributed by atoms with van der Waals surface area (Å²) in [7, 11) is 1.62. The average Bonchev–Trinajstić information content (AvgIpc) is 3.12. The van der Waals surface area contributed by atoms with Gasteiger partial charge in [-0.2, -0.15) is 0 Å². The number of aliphatic carboxylic acids is 1. The van der Waals surface area contributed by atoms with E-state index in [2.05, 4.69) is 10.6 Å². The van der Waals surface area contributed by atoms with Gasteiger partial charge in [-0.25, -0.2) is 4.79 Å². The van der Waals surface area contributed by atoms with Crippen LogP contribution in [0.5, 0.6) is 0 Å². The minimum absolute atomic E-state index is 0.0816. The molecule has 2 aromatic rings. The van der Waals surface area contributed by atoms with Crippen LogP contribution in [0.15, 0.2) is 48.5 Å². The lowest BCUT2D eigenvalue weighted by Crippen LogP contribution is -2.52. The number of carboxylic acids is 1. The Bertz CT molecular complexity index is 1020. The summed E-state index contributed by atoms with van der Waals surface area (Å²) < 4.78 is 10.7. The van der Waals surface area contributed by atoms with Gasteiger partial charge in [-0.05, 0) is 35.1 Å². The third-order valence-corrected chi connectivity index (χ3v) is 6.83. The van der Waals surface area contributed by atoms with Crippen molar-refractivity contribution >= 4 is 18.0 Å². The molecule has 0 saturated heterocycles. The van der Waals surface area contributed by atoms with Crippen molar-refractivity contribution in [2.45, 2.75) is 37.6 Å². The maximum absolute atomic E-state index is 12.7. The topological polar surface area (TPSA) is 114 Å². The first kappa shape index (κ1) is 23.8. The maximum Gasteiger partial charge on any atom is 0.407 e. The van der Waals surface area contributed by atoms with Crippen LogP contribution in [0.2, 0.25) is 0 Å². The van der Waals surface area contributed by atoms with Gasteiger partial charge in [0, 0.05) is 25.0 Å². The van der Waals surface area contributed by atoms with Gasteiger partial charge in [0.2, 0.25) is 5.91 Å². The van der Waals surface area contributed by atoms with Crippen LogP contribution in [-0.4, -0.2) is 56.0 Å². The third-order valence-electron chi connectivity index (χ3n) is 6.83. The molecule has 0 radical (unpaired) electrons. The molecule has 1 atom stereocenters. The Kier molecular flexibility index (Phi) is 7.17. The summed E-state index contributed by atoms with van der Waals surface area (Å²) in [5, 5.41) is 14.5. The number of hydrogen-bond donors (Lipinski definition) is 3. The van der Waals surface area contributed by atoms with E-state index in [1.54, 1.807) is 7.11 Å². The first-order valence-corrected chi connectivity index (χ1v) is 11.5. The van der Waals surface area contributed by atoms with Gasteiger partial charge in [0.25, 0.3) is 0 Å². The summed E-state index contributed by atoms with van der Waals surface area (Å²) in [5.41, 5.74) is 4.23. The molecule has 8 heteroatoms. The lowest BCUT2D eigenvalue weighted by molar-refractivity contribution is -0.140. The number of ether oxygens (including phenoxy) is 2. The largest absolute Gasteiger partial charge is 0.481 e. The van der Waals surface area contributed by atoms with Crippen molar-refractivity contribution in [2.24, 2.45) is 5.41 Å². The fourth-order valence-corrected chi connectivity index (χ4v) is 4.92. The summed E-state index contributed by atoms with van der Waals surface area (Å²) >= 11 is 0. The van der Waals surface area contributed by atoms with Crippen LogP contribution in [0.4, 0.5) is 4.79 Å². The predicted octanol–water partition coefficient (Wildman–Crippen LogP) is 3.30. The minimum Gasteiger partial charge on any atom is -0.481 e. The fourth-order valence-electron chi connectivity index (χ4n) is 4.92. The number of rotatable bonds is 10. The van der Waals surface area contributed by atoms with E-state index in [4.69, 9.17) is 9.47 Å². The molecule has 1 fully saturated rings. The molecule has 2 aromatic carbocycles. The van der Waals surface area contributed by atoms with E-state index in [1.165, 1.54) is 0 Å². The van der Waals surface area contributed by atoms with E-state index in [-0.39, 0.29) is 17.9 Å². The SMILES string of the molecule is COCC1(CNC(=O)C(CC(=O)O)NC(=O)OCC2c3ccccc3-c3ccccc32)CCC1. The van der Waals surface area contributed by atoms with Crippen molar-refractivity contribution in [3.8, 4) is 11.1 Å². The van der Waals surface area contributed by atoms with Gasteiger partial charge < -0.3 is 25.2 Å². The zero-order valence-electron chi connectivity index (χ0n) is 19.2. The number of fused-ring (bicyclic) bond motifs is 3. The molecule has 180 valence electrons. The quantitative estimate of drug-likeness (QED) is 0.495. The lowest BCUT2D eigenvalue weighted by Gasteiger charge is -2.41. The average molecular weight is 467 g/mol. The van der Waals surface area contributed by atoms with E-state index in [0.29, 0.717) is 13.2 Å². The molecule has 0 spiro atoms. The molecule has 2 aliphatic rings. The Hall–Kier alpha value is -3.39. The maximum atomic E-state index is 12.7. The van der Waals surface area contributed by atoms with Crippen LogP contribution in [0.1, 0.15) is 42.7 Å². The van der Waals surface area contributed by atoms with Crippen LogP contribution in [0.25, 0.3) is 11.1 Å². The molecule has 3 N–H and O–H groups in total. The zero-order chi connectivity index (χ0) is 24.1. The van der Waals surface area contributed by atoms with Crippen molar-refractivity contribution in [1.29, 1.82) is 0 Å². The summed E-state index contributed by atoms with van der Waals surface area (Å²) in [6, 6.07) is 14.7. The second-order valence-corrected chi connectivity index (χ2v) is 9.12. The number of nitrogens with one attached hydrogen (secondary N) is 2. The minimum atomic E-state index is -1.23. The molecule has 0 aliphatic heterocycles. The van der Waals surface area contributed by atoms with Gasteiger partial charge in [0.15, 0.2) is 0 Å². The van der Waals surface area contributed by atoms with Crippen LogP contribution >= 0.6 is 0 Å². The standard InChI is InChI=1S/C26H30N2O6/c1-33-16-26(11-6-12-26)15-27-24(31)22(13-23(29)30)28-25(32)34-14-21-19-9-4-2-7-17(19)18-8-3-5-10-20(18)21/h2-5,7-10,21-22H,6,11-16H2,1H3,(H,27,31)(H,28,32)(H,29,30). The molecule has 4 rings (SSSR count). The van der Waals surface area contributed by atoms with Gasteiger partial charge in [0.1, 0.15) is 12.6 Å². The monoisotopic (exact) mass is 466 g/mol. The molecule has 0 aromatic heterocycles. The lowest BCUT2D eigenvalue weighted by atomic mass is 9.69. The highest BCUT2D eigenvalue weighted by Crippen LogP contribution is 2.44. The van der Waals surface area contributed by atoms with Crippen molar-refractivity contribution in [3.05, 3.63) is 59.7 Å². The molecule has 1 saturated carbocycles. The Morgan fingerprint density at radius 3 is 2.21 bits per heavy atom. The zero-order valence-corrected chi connectivity index (χ0v) is 19.2. The summed E-state index contributed by atoms with van der Waals surface area (Å²) in [4.78, 5) is 36.6. The van der Waals surface area contributed by atoms with Crippen LogP contribution in [0, 0.1) is 5.41 Å². The molecule has 2 aliphatic carbocycles. The highest BCUT2D eigenvalue weighted by molar-refractivity contribution is 5.89. The number of alkyl carbamates (subject to hydrolysis) is 1. The van der Waals surface area contributed by atoms with Crippen LogP contribution in [0.3, 0.4) is 0 Å². The van der Waals surface area contributed by atoms with Crippen molar-refractivity contribution in [2.75, 3.05) is 26.9 Å². The Morgan fingerprint density at radius 2 is 1.68 bits per heavy atom. The molecule has 8 nitrogen and oxygen atoms in total. The van der Waals surface area contributed by atoms with Gasteiger partial charge in [-0.1, -0.05) is 55.0 Å². The molecule has 34 heavy (non-hydrogen) atoms. The van der Waals surface area contributed by atoms with E-state index >= 15 is 0 Å². The number of carboxylic acid groups (broad SMARTS) is 1. The van der Waals surface area contributed by atoms with Crippen molar-refractivity contribution in [3.63, 3.8) is 0 Å². The highest BCUT2D eigenvalue weighted by Gasteiger charge is 2.38. The summed E-state index contributed by atoms with van der Waals surface area (Å²) in [6.45, 7) is 0.983. The van der Waals surface area contributed by atoms with Gasteiger partial charge in [-0.15, -0.1) is 0 Å². The van der Waals surface area contributed by atoms with Crippen LogP contribution < -0.4 is 10.6 Å². The molecule has 1 unspecified atom stereocenters. The number of benzene rings is 2. The Balaban J connectivity index is 1.37. The molecular formula is C26H30N2O6. The number of carbonyl (C=O) groups excluding carboxylic acids is 2. The van der Waals surface area contributed by atoms with Crippen molar-refractivity contribution in [1.82, 2.24) is 10.6 Å². The predicted molar refractivity (Wildman–Crippen MR) is 125 cm³/mol. The van der Waals surface area contributed by atoms with Crippen molar-refractivity contribution < 1.29 is 29.0 Å². The summed E-state index contributed by atoms with van der Waals surface area (Å²) in [6.07, 6.45) is 1.58. The van der Waals surface area contributed by atoms with E-state index in [9.17, 15) is 19.5 Å². The van der Waals surface area contributed by atoms with Crippen LogP contribution in [-0.2, 0) is 19.1 Å². The summed E-state index contributed by atoms with van der Waals surface area (Å²) in [5.74, 6) is -1.86. The molecule has 2 amide bonds. The number of hydrogen-bond acceptors (Lipinski definition) is 5. The first-order valence-electron chi connectivity index (χ1n) is 11.5. The fraction of sp³-hybridized carbons (Fsp3) is 0.423. The smallest absolute Gasteiger partial charge is 0.407 e. The Labute approximate surface area is 198 Å². The molecule has 0 heterocycles. The normalized spacial score (nSPS) is 16.5. The Morgan fingerprint density at radius 1 is 1.06 bits per heavy atom. The third kappa shape index (κ3) is 5.07. The van der Waals surface area contributed by atoms with Gasteiger partial charge in [-0.3, -0.25) is 9.59 Å². The number of carbonyl (C=O) groups is 3. The van der Waals surface area contributed by atoms with E-state index in [1.807, 2.05) is 48.5 Å². The highest BCUT2D eigenvalue weighted by atomic mass is 16.5. The number of methoxy groups -OCH3 is 1. The number of amides is 2. The molecular weight excluding hydrogens is 436 g/mol. The molecule has 0 bridgehead atoms. The van der Waals surface area contributed by atoms with E-state index < -0.39 is 30.4 Å². The second kappa shape index (κ2) is 10.3. The van der Waals surface area contributed by atoms with E-state index in [0.717, 1.165) is 41.5 Å². The first-order chi connectivity index (χ1) is 16.4. The van der Waals surface area contributed by atoms with Gasteiger partial charge >= 0.3 is 12.1 Å².